The SMILES string of the molecule is CCc1c(C)nn(-c2ccc(C=CC(=O)O)c(C)c2)c1C. The van der Waals surface area contributed by atoms with Gasteiger partial charge in [-0.15, -0.1) is 0 Å². The molecule has 1 aromatic heterocycles. The second-order valence-corrected chi connectivity index (χ2v) is 5.13. The van der Waals surface area contributed by atoms with Gasteiger partial charge in [0.15, 0.2) is 0 Å². The van der Waals surface area contributed by atoms with Crippen LogP contribution in [0.5, 0.6) is 0 Å². The highest BCUT2D eigenvalue weighted by atomic mass is 16.4. The van der Waals surface area contributed by atoms with Crippen LogP contribution in [0.4, 0.5) is 0 Å². The van der Waals surface area contributed by atoms with E-state index in [4.69, 9.17) is 5.11 Å². The summed E-state index contributed by atoms with van der Waals surface area (Å²) in [7, 11) is 0. The summed E-state index contributed by atoms with van der Waals surface area (Å²) in [6, 6.07) is 5.92. The van der Waals surface area contributed by atoms with E-state index in [2.05, 4.69) is 18.9 Å². The van der Waals surface area contributed by atoms with Gasteiger partial charge in [-0.2, -0.15) is 5.10 Å². The van der Waals surface area contributed by atoms with Crippen molar-refractivity contribution in [2.24, 2.45) is 0 Å². The molecule has 0 spiro atoms. The van der Waals surface area contributed by atoms with E-state index in [0.717, 1.165) is 40.7 Å². The quantitative estimate of drug-likeness (QED) is 0.875. The molecule has 0 amide bonds. The first kappa shape index (κ1) is 15.0. The Morgan fingerprint density at radius 1 is 1.33 bits per heavy atom. The van der Waals surface area contributed by atoms with Gasteiger partial charge in [-0.05, 0) is 62.1 Å². The standard InChI is InChI=1S/C17H20N2O2/c1-5-16-12(3)18-19(13(16)4)15-8-6-14(11(2)10-15)7-9-17(20)21/h6-10H,5H2,1-4H3,(H,20,21). The summed E-state index contributed by atoms with van der Waals surface area (Å²) in [6.07, 6.45) is 3.73. The third-order valence-corrected chi connectivity index (χ3v) is 3.70. The van der Waals surface area contributed by atoms with E-state index in [-0.39, 0.29) is 0 Å². The second kappa shape index (κ2) is 5.95. The van der Waals surface area contributed by atoms with E-state index in [0.29, 0.717) is 0 Å². The molecular formula is C17H20N2O2. The van der Waals surface area contributed by atoms with Crippen LogP contribution in [0.3, 0.4) is 0 Å². The second-order valence-electron chi connectivity index (χ2n) is 5.13. The molecule has 0 atom stereocenters. The first-order chi connectivity index (χ1) is 9.93. The largest absolute Gasteiger partial charge is 0.478 e. The number of carboxylic acids is 1. The highest BCUT2D eigenvalue weighted by Gasteiger charge is 2.11. The maximum absolute atomic E-state index is 10.6. The van der Waals surface area contributed by atoms with Crippen LogP contribution in [0.25, 0.3) is 11.8 Å². The van der Waals surface area contributed by atoms with E-state index < -0.39 is 5.97 Å². The van der Waals surface area contributed by atoms with Crippen LogP contribution in [-0.2, 0) is 11.2 Å². The third kappa shape index (κ3) is 3.05. The molecule has 2 aromatic rings. The van der Waals surface area contributed by atoms with Gasteiger partial charge in [0.05, 0.1) is 11.4 Å². The number of carbonyl (C=O) groups is 1. The fourth-order valence-corrected chi connectivity index (χ4v) is 2.58. The highest BCUT2D eigenvalue weighted by Crippen LogP contribution is 2.21. The van der Waals surface area contributed by atoms with Crippen LogP contribution in [0, 0.1) is 20.8 Å². The fourth-order valence-electron chi connectivity index (χ4n) is 2.58. The van der Waals surface area contributed by atoms with Crippen LogP contribution >= 0.6 is 0 Å². The van der Waals surface area contributed by atoms with Crippen molar-refractivity contribution in [3.05, 3.63) is 52.4 Å². The average Bonchev–Trinajstić information content (AvgIpc) is 2.72. The molecule has 1 N–H and O–H groups in total. The molecular weight excluding hydrogens is 264 g/mol. The van der Waals surface area contributed by atoms with Gasteiger partial charge in [0, 0.05) is 11.8 Å². The van der Waals surface area contributed by atoms with Crippen LogP contribution in [0.1, 0.15) is 35.0 Å². The molecule has 4 heteroatoms. The Balaban J connectivity index is 2.43. The minimum absolute atomic E-state index is 0.901. The third-order valence-electron chi connectivity index (χ3n) is 3.70. The van der Waals surface area contributed by atoms with Gasteiger partial charge in [0.2, 0.25) is 0 Å². The van der Waals surface area contributed by atoms with Gasteiger partial charge in [0.1, 0.15) is 0 Å². The van der Waals surface area contributed by atoms with E-state index in [1.54, 1.807) is 6.08 Å². The number of aromatic nitrogens is 2. The van der Waals surface area contributed by atoms with Gasteiger partial charge in [-0.3, -0.25) is 0 Å². The zero-order valence-electron chi connectivity index (χ0n) is 12.8. The molecule has 2 rings (SSSR count). The topological polar surface area (TPSA) is 55.1 Å². The van der Waals surface area contributed by atoms with Gasteiger partial charge >= 0.3 is 5.97 Å². The zero-order chi connectivity index (χ0) is 15.6. The molecule has 0 unspecified atom stereocenters. The first-order valence-corrected chi connectivity index (χ1v) is 7.01. The molecule has 0 bridgehead atoms. The number of nitrogens with zero attached hydrogens (tertiary/aromatic N) is 2. The van der Waals surface area contributed by atoms with E-state index in [1.165, 1.54) is 5.56 Å². The van der Waals surface area contributed by atoms with Gasteiger partial charge in [-0.1, -0.05) is 13.0 Å². The number of hydrogen-bond donors (Lipinski definition) is 1. The Labute approximate surface area is 124 Å². The summed E-state index contributed by atoms with van der Waals surface area (Å²) in [5.41, 5.74) is 6.42. The summed E-state index contributed by atoms with van der Waals surface area (Å²) in [6.45, 7) is 8.20. The molecule has 0 saturated heterocycles. The Morgan fingerprint density at radius 3 is 2.57 bits per heavy atom. The molecule has 0 aliphatic heterocycles. The van der Waals surface area contributed by atoms with Crippen LogP contribution in [0.2, 0.25) is 0 Å². The van der Waals surface area contributed by atoms with Crippen molar-refractivity contribution in [1.29, 1.82) is 0 Å². The van der Waals surface area contributed by atoms with Crippen LogP contribution in [-0.4, -0.2) is 20.9 Å². The maximum atomic E-state index is 10.6. The van der Waals surface area contributed by atoms with E-state index in [9.17, 15) is 4.79 Å². The lowest BCUT2D eigenvalue weighted by Gasteiger charge is -2.08. The lowest BCUT2D eigenvalue weighted by molar-refractivity contribution is -0.131. The van der Waals surface area contributed by atoms with Crippen LogP contribution in [0.15, 0.2) is 24.3 Å². The van der Waals surface area contributed by atoms with Gasteiger partial charge < -0.3 is 5.11 Å². The van der Waals surface area contributed by atoms with Crippen molar-refractivity contribution >= 4 is 12.0 Å². The van der Waals surface area contributed by atoms with Crippen LogP contribution < -0.4 is 0 Å². The number of hydrogen-bond acceptors (Lipinski definition) is 2. The average molecular weight is 284 g/mol. The summed E-state index contributed by atoms with van der Waals surface area (Å²) < 4.78 is 1.95. The molecule has 0 radical (unpaired) electrons. The molecule has 4 nitrogen and oxygen atoms in total. The lowest BCUT2D eigenvalue weighted by atomic mass is 10.1. The van der Waals surface area contributed by atoms with Gasteiger partial charge in [0.25, 0.3) is 0 Å². The summed E-state index contributed by atoms with van der Waals surface area (Å²) in [5, 5.41) is 13.3. The molecule has 0 saturated carbocycles. The molecule has 1 aromatic carbocycles. The number of carboxylic acid groups (broad SMARTS) is 1. The Bertz CT molecular complexity index is 712. The normalized spacial score (nSPS) is 11.2. The van der Waals surface area contributed by atoms with Crippen molar-refractivity contribution < 1.29 is 9.90 Å². The number of aryl methyl sites for hydroxylation is 2. The molecule has 0 fully saturated rings. The summed E-state index contributed by atoms with van der Waals surface area (Å²) >= 11 is 0. The Hall–Kier alpha value is -2.36. The molecule has 0 aliphatic carbocycles. The minimum Gasteiger partial charge on any atom is -0.478 e. The predicted molar refractivity (Wildman–Crippen MR) is 83.8 cm³/mol. The van der Waals surface area contributed by atoms with Crippen molar-refractivity contribution in [2.75, 3.05) is 0 Å². The zero-order valence-corrected chi connectivity index (χ0v) is 12.8. The Morgan fingerprint density at radius 2 is 2.05 bits per heavy atom. The number of rotatable bonds is 4. The Kier molecular flexibility index (Phi) is 4.26. The van der Waals surface area contributed by atoms with E-state index >= 15 is 0 Å². The van der Waals surface area contributed by atoms with E-state index in [1.807, 2.05) is 36.7 Å². The fraction of sp³-hybridized carbons (Fsp3) is 0.294. The van der Waals surface area contributed by atoms with Crippen molar-refractivity contribution in [3.63, 3.8) is 0 Å². The highest BCUT2D eigenvalue weighted by molar-refractivity contribution is 5.85. The summed E-state index contributed by atoms with van der Waals surface area (Å²) in [5.74, 6) is -0.940. The van der Waals surface area contributed by atoms with Crippen molar-refractivity contribution in [3.8, 4) is 5.69 Å². The minimum atomic E-state index is -0.940. The smallest absolute Gasteiger partial charge is 0.328 e. The predicted octanol–water partition coefficient (Wildman–Crippen LogP) is 3.46. The number of benzene rings is 1. The van der Waals surface area contributed by atoms with Crippen molar-refractivity contribution in [2.45, 2.75) is 34.1 Å². The summed E-state index contributed by atoms with van der Waals surface area (Å²) in [4.78, 5) is 10.6. The van der Waals surface area contributed by atoms with Crippen molar-refractivity contribution in [1.82, 2.24) is 9.78 Å². The molecule has 0 aliphatic rings. The maximum Gasteiger partial charge on any atom is 0.328 e. The molecule has 21 heavy (non-hydrogen) atoms. The molecule has 1 heterocycles. The lowest BCUT2D eigenvalue weighted by Crippen LogP contribution is -2.00. The van der Waals surface area contributed by atoms with Gasteiger partial charge in [-0.25, -0.2) is 9.48 Å². The monoisotopic (exact) mass is 284 g/mol. The molecule has 110 valence electrons. The number of aliphatic carboxylic acids is 1. The first-order valence-electron chi connectivity index (χ1n) is 7.01.